The molecule has 1 saturated heterocycles. The first-order valence-electron chi connectivity index (χ1n) is 5.12. The molecule has 1 aromatic rings. The summed E-state index contributed by atoms with van der Waals surface area (Å²) in [4.78, 5) is 19.0. The van der Waals surface area contributed by atoms with Gasteiger partial charge >= 0.3 is 0 Å². The van der Waals surface area contributed by atoms with E-state index in [4.69, 9.17) is 12.2 Å². The fraction of sp³-hybridized carbons (Fsp3) is 0.364. The highest BCUT2D eigenvalue weighted by Crippen LogP contribution is 2.18. The van der Waals surface area contributed by atoms with Gasteiger partial charge < -0.3 is 4.90 Å². The summed E-state index contributed by atoms with van der Waals surface area (Å²) >= 11 is 5.25. The van der Waals surface area contributed by atoms with Crippen molar-refractivity contribution >= 4 is 29.1 Å². The number of aromatic nitrogens is 1. The minimum Gasteiger partial charge on any atom is -0.301 e. The van der Waals surface area contributed by atoms with Gasteiger partial charge in [0, 0.05) is 26.2 Å². The van der Waals surface area contributed by atoms with Crippen molar-refractivity contribution < 1.29 is 4.79 Å². The fourth-order valence-electron chi connectivity index (χ4n) is 1.71. The molecule has 2 rings (SSSR count). The average molecular weight is 235 g/mol. The maximum atomic E-state index is 11.3. The number of aryl methyl sites for hydroxylation is 1. The zero-order valence-corrected chi connectivity index (χ0v) is 10.1. The Hall–Kier alpha value is -1.49. The molecular weight excluding hydrogens is 222 g/mol. The minimum atomic E-state index is -0.0137. The maximum absolute atomic E-state index is 11.3. The van der Waals surface area contributed by atoms with Gasteiger partial charge in [-0.05, 0) is 36.8 Å². The number of carbonyl (C=O) groups excluding carboxylic acids is 1. The zero-order chi connectivity index (χ0) is 11.7. The van der Waals surface area contributed by atoms with Gasteiger partial charge in [0.25, 0.3) is 0 Å². The van der Waals surface area contributed by atoms with Crippen LogP contribution in [0.5, 0.6) is 0 Å². The van der Waals surface area contributed by atoms with Gasteiger partial charge in [-0.2, -0.15) is 0 Å². The van der Waals surface area contributed by atoms with E-state index in [0.29, 0.717) is 11.7 Å². The van der Waals surface area contributed by atoms with Gasteiger partial charge in [0.15, 0.2) is 5.11 Å². The van der Waals surface area contributed by atoms with Gasteiger partial charge in [0.2, 0.25) is 5.91 Å². The first-order chi connectivity index (χ1) is 7.59. The third kappa shape index (κ3) is 1.90. The van der Waals surface area contributed by atoms with Crippen LogP contribution in [0.1, 0.15) is 12.5 Å². The third-order valence-electron chi connectivity index (χ3n) is 2.57. The Kier molecular flexibility index (Phi) is 2.87. The second-order valence-electron chi connectivity index (χ2n) is 3.80. The topological polar surface area (TPSA) is 36.4 Å². The van der Waals surface area contributed by atoms with Gasteiger partial charge in [-0.25, -0.2) is 4.98 Å². The van der Waals surface area contributed by atoms with E-state index in [1.807, 2.05) is 24.0 Å². The summed E-state index contributed by atoms with van der Waals surface area (Å²) < 4.78 is 0. The lowest BCUT2D eigenvalue weighted by atomic mass is 10.3. The predicted molar refractivity (Wildman–Crippen MR) is 66.3 cm³/mol. The van der Waals surface area contributed by atoms with E-state index >= 15 is 0 Å². The summed E-state index contributed by atoms with van der Waals surface area (Å²) in [5.41, 5.74) is 1.13. The summed E-state index contributed by atoms with van der Waals surface area (Å²) in [6, 6.07) is 3.90. The quantitative estimate of drug-likeness (QED) is 0.688. The van der Waals surface area contributed by atoms with Crippen LogP contribution in [-0.4, -0.2) is 34.0 Å². The molecule has 1 aliphatic heterocycles. The van der Waals surface area contributed by atoms with Crippen molar-refractivity contribution in [3.63, 3.8) is 0 Å². The Morgan fingerprint density at radius 1 is 1.50 bits per heavy atom. The van der Waals surface area contributed by atoms with Gasteiger partial charge in [0.05, 0.1) is 0 Å². The molecule has 84 valence electrons. The molecule has 0 aromatic carbocycles. The molecule has 1 aliphatic rings. The number of hydrogen-bond acceptors (Lipinski definition) is 3. The Labute approximate surface area is 99.9 Å². The van der Waals surface area contributed by atoms with Gasteiger partial charge in [0.1, 0.15) is 5.82 Å². The van der Waals surface area contributed by atoms with Crippen molar-refractivity contribution in [1.82, 2.24) is 9.88 Å². The Bertz CT molecular complexity index is 447. The summed E-state index contributed by atoms with van der Waals surface area (Å²) in [5.74, 6) is 0.800. The van der Waals surface area contributed by atoms with E-state index in [9.17, 15) is 4.79 Å². The lowest BCUT2D eigenvalue weighted by Crippen LogP contribution is -2.34. The van der Waals surface area contributed by atoms with E-state index in [1.54, 1.807) is 11.1 Å². The number of nitrogens with zero attached hydrogens (tertiary/aromatic N) is 3. The number of pyridine rings is 1. The number of hydrogen-bond donors (Lipinski definition) is 0. The highest BCUT2D eigenvalue weighted by Gasteiger charge is 2.29. The molecule has 0 spiro atoms. The normalized spacial score (nSPS) is 15.8. The Balaban J connectivity index is 2.25. The van der Waals surface area contributed by atoms with Gasteiger partial charge in [-0.3, -0.25) is 9.69 Å². The largest absolute Gasteiger partial charge is 0.301 e. The summed E-state index contributed by atoms with van der Waals surface area (Å²) in [5, 5.41) is 0.547. The molecule has 0 atom stereocenters. The van der Waals surface area contributed by atoms with Crippen molar-refractivity contribution in [3.8, 4) is 0 Å². The molecule has 0 radical (unpaired) electrons. The fourth-order valence-corrected chi connectivity index (χ4v) is 2.11. The zero-order valence-electron chi connectivity index (χ0n) is 9.30. The molecule has 0 aliphatic carbocycles. The van der Waals surface area contributed by atoms with Gasteiger partial charge in [-0.1, -0.05) is 0 Å². The van der Waals surface area contributed by atoms with Crippen LogP contribution in [0.3, 0.4) is 0 Å². The molecule has 5 heteroatoms. The highest BCUT2D eigenvalue weighted by molar-refractivity contribution is 7.80. The van der Waals surface area contributed by atoms with E-state index in [0.717, 1.165) is 17.9 Å². The lowest BCUT2D eigenvalue weighted by Gasteiger charge is -2.18. The van der Waals surface area contributed by atoms with Crippen molar-refractivity contribution in [3.05, 3.63) is 23.9 Å². The third-order valence-corrected chi connectivity index (χ3v) is 3.01. The minimum absolute atomic E-state index is 0.0137. The lowest BCUT2D eigenvalue weighted by molar-refractivity contribution is -0.124. The highest BCUT2D eigenvalue weighted by atomic mass is 32.1. The predicted octanol–water partition coefficient (Wildman–Crippen LogP) is 1.34. The molecule has 1 fully saturated rings. The van der Waals surface area contributed by atoms with Crippen LogP contribution in [0.25, 0.3) is 0 Å². The van der Waals surface area contributed by atoms with Crippen molar-refractivity contribution in [1.29, 1.82) is 0 Å². The molecule has 1 amide bonds. The standard InChI is InChI=1S/C11H13N3OS/c1-8-3-4-12-10(7-8)14-6-5-13(9(2)15)11(14)16/h3-4,7H,5-6H2,1-2H3. The van der Waals surface area contributed by atoms with Crippen molar-refractivity contribution in [2.45, 2.75) is 13.8 Å². The first-order valence-corrected chi connectivity index (χ1v) is 5.52. The molecule has 4 nitrogen and oxygen atoms in total. The Morgan fingerprint density at radius 3 is 2.81 bits per heavy atom. The average Bonchev–Trinajstić information content (AvgIpc) is 2.60. The first kappa shape index (κ1) is 11.0. The van der Waals surface area contributed by atoms with E-state index in [1.165, 1.54) is 6.92 Å². The number of carbonyl (C=O) groups is 1. The summed E-state index contributed by atoms with van der Waals surface area (Å²) in [6.45, 7) is 4.89. The van der Waals surface area contributed by atoms with E-state index in [2.05, 4.69) is 4.98 Å². The molecule has 0 bridgehead atoms. The molecular formula is C11H13N3OS. The van der Waals surface area contributed by atoms with Gasteiger partial charge in [-0.15, -0.1) is 0 Å². The van der Waals surface area contributed by atoms with Crippen LogP contribution in [0, 0.1) is 6.92 Å². The number of amides is 1. The molecule has 1 aromatic heterocycles. The second kappa shape index (κ2) is 4.17. The maximum Gasteiger partial charge on any atom is 0.225 e. The van der Waals surface area contributed by atoms with Crippen molar-refractivity contribution in [2.24, 2.45) is 0 Å². The molecule has 2 heterocycles. The van der Waals surface area contributed by atoms with Crippen LogP contribution < -0.4 is 4.90 Å². The van der Waals surface area contributed by atoms with E-state index in [-0.39, 0.29) is 5.91 Å². The summed E-state index contributed by atoms with van der Waals surface area (Å²) in [6.07, 6.45) is 1.75. The van der Waals surface area contributed by atoms with Crippen LogP contribution in [0.2, 0.25) is 0 Å². The van der Waals surface area contributed by atoms with E-state index < -0.39 is 0 Å². The number of anilines is 1. The van der Waals surface area contributed by atoms with Crippen LogP contribution in [-0.2, 0) is 4.79 Å². The summed E-state index contributed by atoms with van der Waals surface area (Å²) in [7, 11) is 0. The molecule has 0 unspecified atom stereocenters. The molecule has 0 saturated carbocycles. The molecule has 0 N–H and O–H groups in total. The SMILES string of the molecule is CC(=O)N1CCN(c2cc(C)ccn2)C1=S. The molecule has 16 heavy (non-hydrogen) atoms. The number of thiocarbonyl (C=S) groups is 1. The monoisotopic (exact) mass is 235 g/mol. The van der Waals surface area contributed by atoms with Crippen LogP contribution in [0.4, 0.5) is 5.82 Å². The smallest absolute Gasteiger partial charge is 0.225 e. The Morgan fingerprint density at radius 2 is 2.25 bits per heavy atom. The van der Waals surface area contributed by atoms with Crippen molar-refractivity contribution in [2.75, 3.05) is 18.0 Å². The number of rotatable bonds is 1. The second-order valence-corrected chi connectivity index (χ2v) is 4.16. The van der Waals surface area contributed by atoms with Crippen LogP contribution in [0.15, 0.2) is 18.3 Å². The van der Waals surface area contributed by atoms with Crippen LogP contribution >= 0.6 is 12.2 Å².